The molecule has 1 saturated heterocycles. The first-order valence-corrected chi connectivity index (χ1v) is 8.59. The van der Waals surface area contributed by atoms with E-state index in [0.29, 0.717) is 6.54 Å². The van der Waals surface area contributed by atoms with Crippen molar-refractivity contribution in [3.63, 3.8) is 0 Å². The van der Waals surface area contributed by atoms with E-state index in [1.807, 2.05) is 41.3 Å². The third-order valence-electron chi connectivity index (χ3n) is 4.29. The molecule has 0 atom stereocenters. The number of aromatic nitrogens is 1. The predicted molar refractivity (Wildman–Crippen MR) is 100 cm³/mol. The molecule has 0 bridgehead atoms. The number of nitriles is 1. The highest BCUT2D eigenvalue weighted by atomic mass is 16.1. The summed E-state index contributed by atoms with van der Waals surface area (Å²) in [4.78, 5) is 20.6. The predicted octanol–water partition coefficient (Wildman–Crippen LogP) is 1.93. The van der Waals surface area contributed by atoms with Gasteiger partial charge in [-0.25, -0.2) is 0 Å². The van der Waals surface area contributed by atoms with Crippen LogP contribution in [0.2, 0.25) is 0 Å². The van der Waals surface area contributed by atoms with Crippen LogP contribution in [0.5, 0.6) is 0 Å². The largest absolute Gasteiger partial charge is 0.373 e. The summed E-state index contributed by atoms with van der Waals surface area (Å²) < 4.78 is 0. The Labute approximate surface area is 153 Å². The van der Waals surface area contributed by atoms with Crippen LogP contribution in [0.1, 0.15) is 5.56 Å². The maximum Gasteiger partial charge on any atom is 0.263 e. The van der Waals surface area contributed by atoms with Crippen LogP contribution in [-0.2, 0) is 11.3 Å². The summed E-state index contributed by atoms with van der Waals surface area (Å²) in [7, 11) is 0. The topological polar surface area (TPSA) is 72.3 Å². The molecule has 1 amide bonds. The van der Waals surface area contributed by atoms with Crippen molar-refractivity contribution in [1.29, 1.82) is 5.26 Å². The van der Waals surface area contributed by atoms with Crippen molar-refractivity contribution in [2.45, 2.75) is 6.54 Å². The lowest BCUT2D eigenvalue weighted by molar-refractivity contribution is -0.117. The van der Waals surface area contributed by atoms with Crippen molar-refractivity contribution in [3.05, 3.63) is 72.2 Å². The highest BCUT2D eigenvalue weighted by Crippen LogP contribution is 2.16. The Morgan fingerprint density at radius 3 is 2.58 bits per heavy atom. The molecule has 2 aromatic rings. The van der Waals surface area contributed by atoms with Gasteiger partial charge in [0, 0.05) is 57.0 Å². The maximum atomic E-state index is 12.2. The first kappa shape index (κ1) is 17.5. The van der Waals surface area contributed by atoms with E-state index < -0.39 is 0 Å². The molecule has 0 unspecified atom stereocenters. The van der Waals surface area contributed by atoms with Crippen LogP contribution in [0.15, 0.2) is 66.6 Å². The average Bonchev–Trinajstić information content (AvgIpc) is 2.72. The van der Waals surface area contributed by atoms with Gasteiger partial charge in [-0.15, -0.1) is 0 Å². The summed E-state index contributed by atoms with van der Waals surface area (Å²) in [5.74, 6) is -0.359. The summed E-state index contributed by atoms with van der Waals surface area (Å²) in [5, 5.41) is 12.1. The number of pyridine rings is 1. The summed E-state index contributed by atoms with van der Waals surface area (Å²) in [6, 6.07) is 16.0. The van der Waals surface area contributed by atoms with E-state index in [4.69, 9.17) is 0 Å². The Kier molecular flexibility index (Phi) is 5.84. The van der Waals surface area contributed by atoms with Gasteiger partial charge in [-0.3, -0.25) is 9.78 Å². The Morgan fingerprint density at radius 1 is 1.15 bits per heavy atom. The zero-order valence-corrected chi connectivity index (χ0v) is 14.5. The fourth-order valence-corrected chi connectivity index (χ4v) is 2.85. The summed E-state index contributed by atoms with van der Waals surface area (Å²) >= 11 is 0. The second kappa shape index (κ2) is 8.67. The fourth-order valence-electron chi connectivity index (χ4n) is 2.85. The van der Waals surface area contributed by atoms with Crippen LogP contribution in [-0.4, -0.2) is 42.0 Å². The van der Waals surface area contributed by atoms with Crippen molar-refractivity contribution in [1.82, 2.24) is 15.2 Å². The summed E-state index contributed by atoms with van der Waals surface area (Å²) in [6.45, 7) is 3.62. The van der Waals surface area contributed by atoms with E-state index in [2.05, 4.69) is 27.3 Å². The standard InChI is InChI=1S/C20H21N5O/c21-13-18(20(26)23-15-17-5-4-8-22-14-17)16-24-9-11-25(12-10-24)19-6-2-1-3-7-19/h1-8,14,16H,9-12,15H2,(H,23,26)/b18-16-. The smallest absolute Gasteiger partial charge is 0.263 e. The van der Waals surface area contributed by atoms with Crippen LogP contribution in [0, 0.1) is 11.3 Å². The molecule has 6 heteroatoms. The lowest BCUT2D eigenvalue weighted by atomic mass is 10.2. The molecule has 26 heavy (non-hydrogen) atoms. The number of amides is 1. The molecular weight excluding hydrogens is 326 g/mol. The van der Waals surface area contributed by atoms with Crippen molar-refractivity contribution in [3.8, 4) is 6.07 Å². The number of benzene rings is 1. The van der Waals surface area contributed by atoms with Gasteiger partial charge in [0.25, 0.3) is 5.91 Å². The van der Waals surface area contributed by atoms with Gasteiger partial charge in [0.1, 0.15) is 11.6 Å². The monoisotopic (exact) mass is 347 g/mol. The molecular formula is C20H21N5O. The number of hydrogen-bond donors (Lipinski definition) is 1. The molecule has 1 fully saturated rings. The van der Waals surface area contributed by atoms with E-state index >= 15 is 0 Å². The minimum absolute atomic E-state index is 0.127. The molecule has 1 N–H and O–H groups in total. The van der Waals surface area contributed by atoms with Crippen LogP contribution < -0.4 is 10.2 Å². The van der Waals surface area contributed by atoms with E-state index in [1.165, 1.54) is 5.69 Å². The summed E-state index contributed by atoms with van der Waals surface area (Å²) in [6.07, 6.45) is 5.04. The molecule has 3 rings (SSSR count). The van der Waals surface area contributed by atoms with Crippen LogP contribution in [0.3, 0.4) is 0 Å². The average molecular weight is 347 g/mol. The summed E-state index contributed by atoms with van der Waals surface area (Å²) in [5.41, 5.74) is 2.22. The third-order valence-corrected chi connectivity index (χ3v) is 4.29. The lowest BCUT2D eigenvalue weighted by Crippen LogP contribution is -2.44. The molecule has 0 radical (unpaired) electrons. The minimum Gasteiger partial charge on any atom is -0.373 e. The van der Waals surface area contributed by atoms with Gasteiger partial charge < -0.3 is 15.1 Å². The SMILES string of the molecule is N#C/C(=C/N1CCN(c2ccccc2)CC1)C(=O)NCc1cccnc1. The first-order chi connectivity index (χ1) is 12.8. The number of carbonyl (C=O) groups excluding carboxylic acids is 1. The zero-order chi connectivity index (χ0) is 18.2. The fraction of sp³-hybridized carbons (Fsp3) is 0.250. The number of rotatable bonds is 5. The number of nitrogens with zero attached hydrogens (tertiary/aromatic N) is 4. The highest BCUT2D eigenvalue weighted by Gasteiger charge is 2.17. The number of para-hydroxylation sites is 1. The van der Waals surface area contributed by atoms with Crippen LogP contribution in [0.25, 0.3) is 0 Å². The van der Waals surface area contributed by atoms with Gasteiger partial charge in [0.15, 0.2) is 0 Å². The number of anilines is 1. The van der Waals surface area contributed by atoms with Gasteiger partial charge in [-0.1, -0.05) is 24.3 Å². The van der Waals surface area contributed by atoms with E-state index in [-0.39, 0.29) is 11.5 Å². The highest BCUT2D eigenvalue weighted by molar-refractivity contribution is 5.97. The second-order valence-corrected chi connectivity index (χ2v) is 6.06. The lowest BCUT2D eigenvalue weighted by Gasteiger charge is -2.35. The van der Waals surface area contributed by atoms with Crippen LogP contribution >= 0.6 is 0 Å². The molecule has 1 aromatic carbocycles. The van der Waals surface area contributed by atoms with Gasteiger partial charge in [-0.2, -0.15) is 5.26 Å². The van der Waals surface area contributed by atoms with Crippen molar-refractivity contribution < 1.29 is 4.79 Å². The molecule has 1 aliphatic rings. The second-order valence-electron chi connectivity index (χ2n) is 6.06. The van der Waals surface area contributed by atoms with Gasteiger partial charge in [0.05, 0.1) is 0 Å². The molecule has 2 heterocycles. The van der Waals surface area contributed by atoms with Crippen LogP contribution in [0.4, 0.5) is 5.69 Å². The Balaban J connectivity index is 1.54. The minimum atomic E-state index is -0.359. The van der Waals surface area contributed by atoms with Crippen molar-refractivity contribution >= 4 is 11.6 Å². The number of piperazine rings is 1. The van der Waals surface area contributed by atoms with Crippen molar-refractivity contribution in [2.24, 2.45) is 0 Å². The number of carbonyl (C=O) groups is 1. The molecule has 0 saturated carbocycles. The third kappa shape index (κ3) is 4.61. The number of hydrogen-bond acceptors (Lipinski definition) is 5. The molecule has 1 aliphatic heterocycles. The van der Waals surface area contributed by atoms with Gasteiger partial charge in [-0.05, 0) is 23.8 Å². The van der Waals surface area contributed by atoms with E-state index in [1.54, 1.807) is 18.6 Å². The normalized spacial score (nSPS) is 14.7. The number of nitrogens with one attached hydrogen (secondary N) is 1. The molecule has 1 aromatic heterocycles. The van der Waals surface area contributed by atoms with Crippen molar-refractivity contribution in [2.75, 3.05) is 31.1 Å². The van der Waals surface area contributed by atoms with E-state index in [9.17, 15) is 10.1 Å². The molecule has 6 nitrogen and oxygen atoms in total. The van der Waals surface area contributed by atoms with Gasteiger partial charge >= 0.3 is 0 Å². The Bertz CT molecular complexity index is 790. The van der Waals surface area contributed by atoms with Gasteiger partial charge in [0.2, 0.25) is 0 Å². The quantitative estimate of drug-likeness (QED) is 0.661. The first-order valence-electron chi connectivity index (χ1n) is 8.59. The zero-order valence-electron chi connectivity index (χ0n) is 14.5. The molecule has 0 spiro atoms. The van der Waals surface area contributed by atoms with E-state index in [0.717, 1.165) is 31.7 Å². The Hall–Kier alpha value is -3.33. The molecule has 132 valence electrons. The molecule has 0 aliphatic carbocycles. The Morgan fingerprint density at radius 2 is 1.92 bits per heavy atom. The maximum absolute atomic E-state index is 12.2.